The highest BCUT2D eigenvalue weighted by Gasteiger charge is 2.35. The average Bonchev–Trinajstić information content (AvgIpc) is 2.52. The summed E-state index contributed by atoms with van der Waals surface area (Å²) in [7, 11) is 1.35. The molecule has 0 spiro atoms. The minimum atomic E-state index is -4.55. The first-order valence-corrected chi connectivity index (χ1v) is 6.61. The Morgan fingerprint density at radius 1 is 1.30 bits per heavy atom. The quantitative estimate of drug-likeness (QED) is 0.640. The van der Waals surface area contributed by atoms with Gasteiger partial charge in [-0.15, -0.1) is 0 Å². The number of rotatable bonds is 4. The summed E-state index contributed by atoms with van der Waals surface area (Å²) >= 11 is 0. The van der Waals surface area contributed by atoms with Gasteiger partial charge in [-0.25, -0.2) is 4.98 Å². The largest absolute Gasteiger partial charge is 0.421 e. The van der Waals surface area contributed by atoms with Crippen LogP contribution in [0.1, 0.15) is 12.5 Å². The van der Waals surface area contributed by atoms with Crippen LogP contribution in [-0.4, -0.2) is 22.7 Å². The molecule has 0 fully saturated rings. The Bertz CT molecular complexity index is 703. The number of halogens is 3. The number of dihydropyridines is 1. The van der Waals surface area contributed by atoms with Gasteiger partial charge in [0.25, 0.3) is 0 Å². The highest BCUT2D eigenvalue weighted by atomic mass is 19.4. The van der Waals surface area contributed by atoms with E-state index in [2.05, 4.69) is 25.9 Å². The predicted molar refractivity (Wildman–Crippen MR) is 82.0 cm³/mol. The van der Waals surface area contributed by atoms with Crippen molar-refractivity contribution in [1.29, 1.82) is 5.41 Å². The van der Waals surface area contributed by atoms with Crippen LogP contribution in [0.2, 0.25) is 0 Å². The van der Waals surface area contributed by atoms with E-state index in [9.17, 15) is 13.2 Å². The molecule has 0 aromatic carbocycles. The van der Waals surface area contributed by atoms with Gasteiger partial charge in [0.1, 0.15) is 11.4 Å². The molecule has 2 heterocycles. The fraction of sp³-hybridized carbons (Fsp3) is 0.214. The second-order valence-electron chi connectivity index (χ2n) is 4.60. The number of nitrogens with one attached hydrogen (secondary N) is 4. The molecule has 23 heavy (non-hydrogen) atoms. The van der Waals surface area contributed by atoms with Gasteiger partial charge >= 0.3 is 6.18 Å². The maximum atomic E-state index is 12.8. The van der Waals surface area contributed by atoms with E-state index in [0.29, 0.717) is 17.6 Å². The molecule has 0 aliphatic carbocycles. The van der Waals surface area contributed by atoms with E-state index in [4.69, 9.17) is 5.41 Å². The summed E-state index contributed by atoms with van der Waals surface area (Å²) in [5.41, 5.74) is 0.189. The van der Waals surface area contributed by atoms with E-state index in [1.807, 2.05) is 0 Å². The molecule has 0 saturated heterocycles. The molecule has 0 atom stereocenters. The van der Waals surface area contributed by atoms with Crippen molar-refractivity contribution < 1.29 is 13.2 Å². The molecule has 0 bridgehead atoms. The van der Waals surface area contributed by atoms with Gasteiger partial charge in [-0.05, 0) is 19.1 Å². The van der Waals surface area contributed by atoms with E-state index in [0.717, 1.165) is 0 Å². The van der Waals surface area contributed by atoms with E-state index < -0.39 is 11.7 Å². The summed E-state index contributed by atoms with van der Waals surface area (Å²) in [6, 6.07) is 0. The van der Waals surface area contributed by atoms with Crippen LogP contribution in [0.15, 0.2) is 42.0 Å². The first-order chi connectivity index (χ1) is 10.8. The highest BCUT2D eigenvalue weighted by Crippen LogP contribution is 2.33. The van der Waals surface area contributed by atoms with Gasteiger partial charge in [-0.1, -0.05) is 6.08 Å². The minimum Gasteiger partial charge on any atom is -0.372 e. The molecular weight excluding hydrogens is 309 g/mol. The Morgan fingerprint density at radius 2 is 2.04 bits per heavy atom. The van der Waals surface area contributed by atoms with Gasteiger partial charge in [0.15, 0.2) is 0 Å². The summed E-state index contributed by atoms with van der Waals surface area (Å²) in [5, 5.41) is 15.9. The molecule has 1 aromatic rings. The van der Waals surface area contributed by atoms with Crippen LogP contribution < -0.4 is 16.0 Å². The summed E-state index contributed by atoms with van der Waals surface area (Å²) in [4.78, 5) is 7.51. The second kappa shape index (κ2) is 6.51. The van der Waals surface area contributed by atoms with Gasteiger partial charge < -0.3 is 21.4 Å². The second-order valence-corrected chi connectivity index (χ2v) is 4.60. The molecule has 122 valence electrons. The van der Waals surface area contributed by atoms with Crippen molar-refractivity contribution in [1.82, 2.24) is 15.3 Å². The Kier molecular flexibility index (Phi) is 4.68. The number of hydrogen-bond donors (Lipinski definition) is 4. The third-order valence-electron chi connectivity index (χ3n) is 2.92. The smallest absolute Gasteiger partial charge is 0.372 e. The molecular formula is C14H15F3N6. The summed E-state index contributed by atoms with van der Waals surface area (Å²) in [5.74, 6) is -0.379. The molecule has 1 aromatic heterocycles. The monoisotopic (exact) mass is 324 g/mol. The molecule has 0 radical (unpaired) electrons. The summed E-state index contributed by atoms with van der Waals surface area (Å²) in [6.45, 7) is 1.55. The van der Waals surface area contributed by atoms with E-state index in [1.54, 1.807) is 31.4 Å². The predicted octanol–water partition coefficient (Wildman–Crippen LogP) is 2.87. The number of alkyl halides is 3. The van der Waals surface area contributed by atoms with Crippen molar-refractivity contribution in [3.63, 3.8) is 0 Å². The zero-order valence-electron chi connectivity index (χ0n) is 12.4. The average molecular weight is 324 g/mol. The van der Waals surface area contributed by atoms with Crippen LogP contribution in [0.3, 0.4) is 0 Å². The standard InChI is InChI=1S/C14H15F3N6/c1-8(18)11(10-5-3-4-6-20-10)22-13-21-7-9(14(15,16)17)12(19-2)23-13/h3-7,18,20H,1-2H3,(H2,19,21,22,23)/b11-10+,18-8?. The summed E-state index contributed by atoms with van der Waals surface area (Å²) in [6.07, 6.45) is 3.09. The number of anilines is 2. The van der Waals surface area contributed by atoms with E-state index in [-0.39, 0.29) is 17.5 Å². The molecule has 2 rings (SSSR count). The van der Waals surface area contributed by atoms with Crippen molar-refractivity contribution in [2.24, 2.45) is 0 Å². The minimum absolute atomic E-state index is 0.0406. The Labute approximate surface area is 130 Å². The van der Waals surface area contributed by atoms with Crippen LogP contribution >= 0.6 is 0 Å². The fourth-order valence-corrected chi connectivity index (χ4v) is 1.86. The molecule has 9 heteroatoms. The lowest BCUT2D eigenvalue weighted by Gasteiger charge is -2.16. The number of aromatic nitrogens is 2. The van der Waals surface area contributed by atoms with Crippen LogP contribution in [0.4, 0.5) is 24.9 Å². The maximum absolute atomic E-state index is 12.8. The van der Waals surface area contributed by atoms with Crippen molar-refractivity contribution in [2.75, 3.05) is 17.7 Å². The molecule has 1 aliphatic heterocycles. The molecule has 0 saturated carbocycles. The Morgan fingerprint density at radius 3 is 2.57 bits per heavy atom. The molecule has 1 aliphatic rings. The van der Waals surface area contributed by atoms with Crippen LogP contribution in [0, 0.1) is 5.41 Å². The van der Waals surface area contributed by atoms with Crippen molar-refractivity contribution in [3.05, 3.63) is 47.6 Å². The molecule has 0 unspecified atom stereocenters. The van der Waals surface area contributed by atoms with Crippen LogP contribution in [-0.2, 0) is 6.18 Å². The van der Waals surface area contributed by atoms with Crippen molar-refractivity contribution in [2.45, 2.75) is 13.1 Å². The zero-order chi connectivity index (χ0) is 17.0. The Hall–Kier alpha value is -2.84. The number of nitrogens with zero attached hydrogens (tertiary/aromatic N) is 2. The highest BCUT2D eigenvalue weighted by molar-refractivity contribution is 5.99. The topological polar surface area (TPSA) is 85.7 Å². The van der Waals surface area contributed by atoms with Gasteiger partial charge in [-0.2, -0.15) is 18.2 Å². The first kappa shape index (κ1) is 16.5. The maximum Gasteiger partial charge on any atom is 0.421 e. The van der Waals surface area contributed by atoms with E-state index in [1.165, 1.54) is 7.05 Å². The SMILES string of the molecule is CNc1nc(N/C(C(C)=N)=C2\C=CC=CN2)ncc1C(F)(F)F. The van der Waals surface area contributed by atoms with Gasteiger partial charge in [0.2, 0.25) is 5.95 Å². The van der Waals surface area contributed by atoms with E-state index >= 15 is 0 Å². The normalized spacial score (nSPS) is 15.9. The summed E-state index contributed by atoms with van der Waals surface area (Å²) < 4.78 is 38.5. The number of allylic oxidation sites excluding steroid dienone is 4. The lowest BCUT2D eigenvalue weighted by molar-refractivity contribution is -0.137. The first-order valence-electron chi connectivity index (χ1n) is 6.61. The van der Waals surface area contributed by atoms with Crippen molar-refractivity contribution >= 4 is 17.5 Å². The van der Waals surface area contributed by atoms with Gasteiger partial charge in [0, 0.05) is 19.4 Å². The van der Waals surface area contributed by atoms with Crippen LogP contribution in [0.25, 0.3) is 0 Å². The fourth-order valence-electron chi connectivity index (χ4n) is 1.86. The number of hydrogen-bond acceptors (Lipinski definition) is 6. The van der Waals surface area contributed by atoms with Crippen molar-refractivity contribution in [3.8, 4) is 0 Å². The third-order valence-corrected chi connectivity index (χ3v) is 2.92. The lowest BCUT2D eigenvalue weighted by Crippen LogP contribution is -2.20. The van der Waals surface area contributed by atoms with Gasteiger partial charge in [0.05, 0.1) is 17.1 Å². The third kappa shape index (κ3) is 3.87. The molecule has 6 nitrogen and oxygen atoms in total. The molecule has 4 N–H and O–H groups in total. The van der Waals surface area contributed by atoms with Crippen LogP contribution in [0.5, 0.6) is 0 Å². The zero-order valence-corrected chi connectivity index (χ0v) is 12.4. The molecule has 0 amide bonds. The Balaban J connectivity index is 2.37. The lowest BCUT2D eigenvalue weighted by atomic mass is 10.2. The van der Waals surface area contributed by atoms with Gasteiger partial charge in [-0.3, -0.25) is 0 Å².